The average molecular weight is 392 g/mol. The highest BCUT2D eigenvalue weighted by molar-refractivity contribution is 7.98. The van der Waals surface area contributed by atoms with Crippen LogP contribution in [0.25, 0.3) is 0 Å². The van der Waals surface area contributed by atoms with Crippen LogP contribution in [0.2, 0.25) is 5.02 Å². The minimum Gasteiger partial charge on any atom is -0.494 e. The molecule has 0 unspecified atom stereocenters. The average Bonchev–Trinajstić information content (AvgIpc) is 2.65. The first-order valence-corrected chi connectivity index (χ1v) is 10.4. The molecule has 140 valence electrons. The molecule has 0 bridgehead atoms. The van der Waals surface area contributed by atoms with Crippen molar-refractivity contribution < 1.29 is 9.53 Å². The van der Waals surface area contributed by atoms with Crippen LogP contribution in [0, 0.1) is 0 Å². The predicted octanol–water partition coefficient (Wildman–Crippen LogP) is 5.95. The van der Waals surface area contributed by atoms with Crippen molar-refractivity contribution in [1.82, 2.24) is 5.32 Å². The second-order valence-corrected chi connectivity index (χ2v) is 7.45. The lowest BCUT2D eigenvalue weighted by atomic mass is 10.1. The number of unbranched alkanes of at least 4 members (excludes halogenated alkanes) is 2. The van der Waals surface area contributed by atoms with Gasteiger partial charge in [-0.15, -0.1) is 11.8 Å². The Morgan fingerprint density at radius 3 is 2.58 bits per heavy atom. The van der Waals surface area contributed by atoms with Gasteiger partial charge in [-0.25, -0.2) is 0 Å². The van der Waals surface area contributed by atoms with E-state index in [1.807, 2.05) is 49.4 Å². The molecule has 0 fully saturated rings. The Hall–Kier alpha value is -1.65. The number of benzene rings is 2. The van der Waals surface area contributed by atoms with Crippen LogP contribution in [0.4, 0.5) is 0 Å². The van der Waals surface area contributed by atoms with E-state index in [-0.39, 0.29) is 5.91 Å². The summed E-state index contributed by atoms with van der Waals surface area (Å²) in [4.78, 5) is 13.5. The summed E-state index contributed by atoms with van der Waals surface area (Å²) < 4.78 is 5.73. The first-order valence-electron chi connectivity index (χ1n) is 9.06. The summed E-state index contributed by atoms with van der Waals surface area (Å²) in [6.07, 6.45) is 3.29. The summed E-state index contributed by atoms with van der Waals surface area (Å²) in [6.45, 7) is 5.43. The number of carbonyl (C=O) groups is 1. The van der Waals surface area contributed by atoms with Crippen LogP contribution in [-0.2, 0) is 5.75 Å². The molecule has 3 nitrogen and oxygen atoms in total. The van der Waals surface area contributed by atoms with E-state index in [4.69, 9.17) is 16.3 Å². The topological polar surface area (TPSA) is 38.3 Å². The molecule has 0 aliphatic rings. The molecule has 0 aliphatic heterocycles. The van der Waals surface area contributed by atoms with Crippen molar-refractivity contribution >= 4 is 29.3 Å². The van der Waals surface area contributed by atoms with Gasteiger partial charge in [-0.2, -0.15) is 0 Å². The van der Waals surface area contributed by atoms with Crippen molar-refractivity contribution in [3.05, 3.63) is 58.6 Å². The van der Waals surface area contributed by atoms with Crippen molar-refractivity contribution in [2.45, 2.75) is 43.8 Å². The largest absolute Gasteiger partial charge is 0.494 e. The molecule has 0 heterocycles. The van der Waals surface area contributed by atoms with Gasteiger partial charge in [0.15, 0.2) is 0 Å². The smallest absolute Gasteiger partial charge is 0.251 e. The van der Waals surface area contributed by atoms with Gasteiger partial charge in [0.25, 0.3) is 5.91 Å². The second-order valence-electron chi connectivity index (χ2n) is 5.96. The van der Waals surface area contributed by atoms with E-state index in [0.717, 1.165) is 52.8 Å². The molecular weight excluding hydrogens is 366 g/mol. The van der Waals surface area contributed by atoms with Crippen LogP contribution in [0.3, 0.4) is 0 Å². The maximum absolute atomic E-state index is 12.4. The molecule has 0 spiro atoms. The number of hydrogen-bond acceptors (Lipinski definition) is 3. The van der Waals surface area contributed by atoms with Gasteiger partial charge in [0.1, 0.15) is 5.75 Å². The zero-order valence-electron chi connectivity index (χ0n) is 15.4. The zero-order valence-corrected chi connectivity index (χ0v) is 17.0. The molecule has 1 N–H and O–H groups in total. The summed E-state index contributed by atoms with van der Waals surface area (Å²) in [7, 11) is 0. The molecule has 0 aliphatic carbocycles. The Morgan fingerprint density at radius 2 is 1.88 bits per heavy atom. The first kappa shape index (κ1) is 20.7. The van der Waals surface area contributed by atoms with E-state index >= 15 is 0 Å². The van der Waals surface area contributed by atoms with Gasteiger partial charge in [-0.3, -0.25) is 4.79 Å². The number of ether oxygens (including phenoxy) is 1. The highest BCUT2D eigenvalue weighted by Gasteiger charge is 2.11. The van der Waals surface area contributed by atoms with Crippen LogP contribution < -0.4 is 10.1 Å². The normalized spacial score (nSPS) is 10.6. The van der Waals surface area contributed by atoms with Gasteiger partial charge in [-0.1, -0.05) is 31.4 Å². The molecule has 1 amide bonds. The minimum absolute atomic E-state index is 0.0260. The zero-order chi connectivity index (χ0) is 18.8. The fourth-order valence-corrected chi connectivity index (χ4v) is 3.50. The summed E-state index contributed by atoms with van der Waals surface area (Å²) in [5.74, 6) is 1.53. The highest BCUT2D eigenvalue weighted by atomic mass is 35.5. The SMILES string of the molecule is CCCCCNC(=O)c1ccc(OCC)c(CSc2ccc(Cl)cc2)c1. The quantitative estimate of drug-likeness (QED) is 0.401. The lowest BCUT2D eigenvalue weighted by molar-refractivity contribution is 0.0953. The molecule has 2 aromatic rings. The highest BCUT2D eigenvalue weighted by Crippen LogP contribution is 2.29. The molecule has 0 saturated carbocycles. The van der Waals surface area contributed by atoms with Gasteiger partial charge in [0, 0.05) is 33.3 Å². The Bertz CT molecular complexity index is 704. The van der Waals surface area contributed by atoms with Crippen molar-refractivity contribution in [1.29, 1.82) is 0 Å². The van der Waals surface area contributed by atoms with E-state index in [9.17, 15) is 4.79 Å². The molecule has 0 saturated heterocycles. The Balaban J connectivity index is 2.06. The number of hydrogen-bond donors (Lipinski definition) is 1. The van der Waals surface area contributed by atoms with Crippen LogP contribution >= 0.6 is 23.4 Å². The third-order valence-electron chi connectivity index (χ3n) is 3.90. The molecule has 0 atom stereocenters. The standard InChI is InChI=1S/C21H26ClNO2S/c1-3-5-6-13-23-21(24)16-7-12-20(25-4-2)17(14-16)15-26-19-10-8-18(22)9-11-19/h7-12,14H,3-6,13,15H2,1-2H3,(H,23,24). The van der Waals surface area contributed by atoms with Gasteiger partial charge in [0.05, 0.1) is 6.61 Å². The van der Waals surface area contributed by atoms with Gasteiger partial charge < -0.3 is 10.1 Å². The lowest BCUT2D eigenvalue weighted by Crippen LogP contribution is -2.24. The summed E-state index contributed by atoms with van der Waals surface area (Å²) in [5.41, 5.74) is 1.70. The first-order chi connectivity index (χ1) is 12.6. The fourth-order valence-electron chi connectivity index (χ4n) is 2.50. The Labute approximate surface area is 165 Å². The van der Waals surface area contributed by atoms with Gasteiger partial charge >= 0.3 is 0 Å². The molecule has 0 aromatic heterocycles. The number of thioether (sulfide) groups is 1. The molecule has 26 heavy (non-hydrogen) atoms. The second kappa shape index (κ2) is 11.1. The lowest BCUT2D eigenvalue weighted by Gasteiger charge is -2.12. The Morgan fingerprint density at radius 1 is 1.12 bits per heavy atom. The van der Waals surface area contributed by atoms with E-state index in [1.165, 1.54) is 0 Å². The van der Waals surface area contributed by atoms with Crippen LogP contribution in [-0.4, -0.2) is 19.1 Å². The van der Waals surface area contributed by atoms with E-state index in [0.29, 0.717) is 12.2 Å². The predicted molar refractivity (Wildman–Crippen MR) is 110 cm³/mol. The number of amides is 1. The summed E-state index contributed by atoms with van der Waals surface area (Å²) >= 11 is 7.64. The van der Waals surface area contributed by atoms with E-state index in [2.05, 4.69) is 12.2 Å². The number of carbonyl (C=O) groups excluding carboxylic acids is 1. The van der Waals surface area contributed by atoms with Crippen molar-refractivity contribution in [3.63, 3.8) is 0 Å². The van der Waals surface area contributed by atoms with E-state index in [1.54, 1.807) is 11.8 Å². The van der Waals surface area contributed by atoms with Crippen molar-refractivity contribution in [3.8, 4) is 5.75 Å². The summed E-state index contributed by atoms with van der Waals surface area (Å²) in [6, 6.07) is 13.4. The number of rotatable bonds is 10. The monoisotopic (exact) mass is 391 g/mol. The van der Waals surface area contributed by atoms with Gasteiger partial charge in [-0.05, 0) is 55.8 Å². The molecule has 2 aromatic carbocycles. The van der Waals surface area contributed by atoms with Crippen LogP contribution in [0.15, 0.2) is 47.4 Å². The molecular formula is C21H26ClNO2S. The van der Waals surface area contributed by atoms with Crippen LogP contribution in [0.5, 0.6) is 5.75 Å². The van der Waals surface area contributed by atoms with E-state index < -0.39 is 0 Å². The van der Waals surface area contributed by atoms with Crippen LogP contribution in [0.1, 0.15) is 49.0 Å². The Kier molecular flexibility index (Phi) is 8.86. The maximum atomic E-state index is 12.4. The number of halogens is 1. The minimum atomic E-state index is -0.0260. The maximum Gasteiger partial charge on any atom is 0.251 e. The molecule has 0 radical (unpaired) electrons. The van der Waals surface area contributed by atoms with Gasteiger partial charge in [0.2, 0.25) is 0 Å². The third-order valence-corrected chi connectivity index (χ3v) is 5.21. The fraction of sp³-hybridized carbons (Fsp3) is 0.381. The molecule has 2 rings (SSSR count). The van der Waals surface area contributed by atoms with Crippen molar-refractivity contribution in [2.75, 3.05) is 13.2 Å². The number of nitrogens with one attached hydrogen (secondary N) is 1. The summed E-state index contributed by atoms with van der Waals surface area (Å²) in [5, 5.41) is 3.72. The molecule has 5 heteroatoms. The van der Waals surface area contributed by atoms with Crippen molar-refractivity contribution in [2.24, 2.45) is 0 Å². The third kappa shape index (κ3) is 6.58.